The van der Waals surface area contributed by atoms with E-state index in [1.165, 1.54) is 6.33 Å². The lowest BCUT2D eigenvalue weighted by molar-refractivity contribution is -0.131. The van der Waals surface area contributed by atoms with Crippen molar-refractivity contribution in [3.8, 4) is 0 Å². The van der Waals surface area contributed by atoms with E-state index in [4.69, 9.17) is 17.3 Å². The Labute approximate surface area is 142 Å². The highest BCUT2D eigenvalue weighted by Crippen LogP contribution is 2.30. The van der Waals surface area contributed by atoms with Gasteiger partial charge in [-0.15, -0.1) is 0 Å². The Kier molecular flexibility index (Phi) is 5.20. The molecule has 0 radical (unpaired) electrons. The van der Waals surface area contributed by atoms with Crippen molar-refractivity contribution in [2.75, 3.05) is 36.8 Å². The van der Waals surface area contributed by atoms with Crippen LogP contribution in [0, 0.1) is 5.92 Å². The second-order valence-electron chi connectivity index (χ2n) is 6.47. The molecule has 3 heterocycles. The third-order valence-corrected chi connectivity index (χ3v) is 5.23. The first kappa shape index (κ1) is 16.3. The number of anilines is 2. The molecule has 23 heavy (non-hydrogen) atoms. The Balaban J connectivity index is 1.58. The molecule has 0 saturated carbocycles. The molecule has 2 fully saturated rings. The first-order valence-electron chi connectivity index (χ1n) is 8.44. The van der Waals surface area contributed by atoms with Gasteiger partial charge in [-0.25, -0.2) is 9.97 Å². The number of aromatic nitrogens is 2. The van der Waals surface area contributed by atoms with Crippen LogP contribution in [0.5, 0.6) is 0 Å². The molecule has 0 unspecified atom stereocenters. The number of hydrogen-bond donors (Lipinski definition) is 1. The fourth-order valence-electron chi connectivity index (χ4n) is 3.52. The van der Waals surface area contributed by atoms with Gasteiger partial charge in [-0.3, -0.25) is 4.79 Å². The molecular weight excluding hydrogens is 314 g/mol. The Morgan fingerprint density at radius 3 is 2.74 bits per heavy atom. The lowest BCUT2D eigenvalue weighted by atomic mass is 9.96. The zero-order chi connectivity index (χ0) is 16.2. The second kappa shape index (κ2) is 7.34. The lowest BCUT2D eigenvalue weighted by Gasteiger charge is -2.23. The number of carbonyl (C=O) groups is 1. The van der Waals surface area contributed by atoms with E-state index in [0.29, 0.717) is 34.9 Å². The number of carbonyl (C=O) groups excluding carboxylic acids is 1. The Hall–Kier alpha value is -1.56. The van der Waals surface area contributed by atoms with E-state index in [9.17, 15) is 4.79 Å². The van der Waals surface area contributed by atoms with Gasteiger partial charge in [0.15, 0.2) is 5.82 Å². The monoisotopic (exact) mass is 337 g/mol. The number of nitrogens with zero attached hydrogens (tertiary/aromatic N) is 4. The van der Waals surface area contributed by atoms with E-state index >= 15 is 0 Å². The average molecular weight is 338 g/mol. The normalized spacial score (nSPS) is 22.2. The smallest absolute Gasteiger partial charge is 0.222 e. The van der Waals surface area contributed by atoms with E-state index in [1.807, 2.05) is 4.90 Å². The highest BCUT2D eigenvalue weighted by molar-refractivity contribution is 6.35. The second-order valence-corrected chi connectivity index (χ2v) is 6.85. The molecule has 6 nitrogen and oxygen atoms in total. The van der Waals surface area contributed by atoms with Crippen LogP contribution in [0.15, 0.2) is 6.33 Å². The minimum absolute atomic E-state index is 0.321. The van der Waals surface area contributed by atoms with Gasteiger partial charge >= 0.3 is 0 Å². The highest BCUT2D eigenvalue weighted by atomic mass is 35.5. The summed E-state index contributed by atoms with van der Waals surface area (Å²) in [5.41, 5.74) is 5.77. The third kappa shape index (κ3) is 3.86. The van der Waals surface area contributed by atoms with Gasteiger partial charge in [0.05, 0.1) is 0 Å². The first-order chi connectivity index (χ1) is 11.1. The van der Waals surface area contributed by atoms with Crippen LogP contribution in [-0.2, 0) is 4.79 Å². The lowest BCUT2D eigenvalue weighted by Crippen LogP contribution is -2.30. The van der Waals surface area contributed by atoms with Crippen molar-refractivity contribution in [1.82, 2.24) is 14.9 Å². The van der Waals surface area contributed by atoms with Gasteiger partial charge in [0.1, 0.15) is 17.2 Å². The molecular formula is C16H24ClN5O. The molecule has 1 atom stereocenters. The van der Waals surface area contributed by atoms with Crippen molar-refractivity contribution in [1.29, 1.82) is 0 Å². The quantitative estimate of drug-likeness (QED) is 0.916. The number of hydrogen-bond acceptors (Lipinski definition) is 5. The summed E-state index contributed by atoms with van der Waals surface area (Å²) in [7, 11) is 0. The van der Waals surface area contributed by atoms with Crippen LogP contribution in [0.4, 0.5) is 11.6 Å². The van der Waals surface area contributed by atoms with Crippen molar-refractivity contribution in [3.05, 3.63) is 11.3 Å². The number of amides is 1. The Morgan fingerprint density at radius 1 is 1.17 bits per heavy atom. The zero-order valence-electron chi connectivity index (χ0n) is 13.4. The molecule has 2 aliphatic rings. The van der Waals surface area contributed by atoms with Crippen LogP contribution < -0.4 is 10.6 Å². The summed E-state index contributed by atoms with van der Waals surface area (Å²) in [4.78, 5) is 24.7. The topological polar surface area (TPSA) is 75.3 Å². The highest BCUT2D eigenvalue weighted by Gasteiger charge is 2.25. The van der Waals surface area contributed by atoms with Gasteiger partial charge in [0, 0.05) is 32.6 Å². The molecule has 0 aromatic carbocycles. The fourth-order valence-corrected chi connectivity index (χ4v) is 3.74. The largest absolute Gasteiger partial charge is 0.382 e. The molecule has 2 saturated heterocycles. The van der Waals surface area contributed by atoms with Gasteiger partial charge in [0.2, 0.25) is 5.91 Å². The molecule has 7 heteroatoms. The summed E-state index contributed by atoms with van der Waals surface area (Å²) in [5, 5.41) is 0.430. The van der Waals surface area contributed by atoms with Crippen LogP contribution in [0.3, 0.4) is 0 Å². The maximum atomic E-state index is 12.3. The van der Waals surface area contributed by atoms with Crippen LogP contribution in [0.1, 0.15) is 38.5 Å². The van der Waals surface area contributed by atoms with Crippen molar-refractivity contribution in [3.63, 3.8) is 0 Å². The maximum absolute atomic E-state index is 12.3. The van der Waals surface area contributed by atoms with E-state index < -0.39 is 0 Å². The number of likely N-dealkylation sites (tertiary alicyclic amines) is 1. The SMILES string of the molecule is Nc1ncnc(N2CCC[C@@H](CC(=O)N3CCCC3)CC2)c1Cl. The van der Waals surface area contributed by atoms with Gasteiger partial charge in [-0.1, -0.05) is 11.6 Å². The van der Waals surface area contributed by atoms with E-state index in [1.54, 1.807) is 0 Å². The zero-order valence-corrected chi connectivity index (χ0v) is 14.1. The van der Waals surface area contributed by atoms with E-state index in [0.717, 1.165) is 58.3 Å². The average Bonchev–Trinajstić information content (AvgIpc) is 2.99. The Bertz CT molecular complexity index is 561. The fraction of sp³-hybridized carbons (Fsp3) is 0.688. The van der Waals surface area contributed by atoms with Gasteiger partial charge in [-0.05, 0) is 38.0 Å². The maximum Gasteiger partial charge on any atom is 0.222 e. The summed E-state index contributed by atoms with van der Waals surface area (Å²) < 4.78 is 0. The molecule has 1 amide bonds. The van der Waals surface area contributed by atoms with Gasteiger partial charge in [-0.2, -0.15) is 0 Å². The molecule has 126 valence electrons. The van der Waals surface area contributed by atoms with E-state index in [-0.39, 0.29) is 0 Å². The minimum Gasteiger partial charge on any atom is -0.382 e. The molecule has 0 bridgehead atoms. The molecule has 3 rings (SSSR count). The molecule has 0 aliphatic carbocycles. The van der Waals surface area contributed by atoms with Crippen molar-refractivity contribution in [2.24, 2.45) is 5.92 Å². The molecule has 1 aromatic heterocycles. The van der Waals surface area contributed by atoms with Crippen LogP contribution in [0.25, 0.3) is 0 Å². The first-order valence-corrected chi connectivity index (χ1v) is 8.81. The predicted molar refractivity (Wildman–Crippen MR) is 91.4 cm³/mol. The van der Waals surface area contributed by atoms with Crippen LogP contribution in [-0.4, -0.2) is 47.0 Å². The molecule has 1 aromatic rings. The number of nitrogen functional groups attached to an aromatic ring is 1. The molecule has 2 N–H and O–H groups in total. The third-order valence-electron chi connectivity index (χ3n) is 4.87. The van der Waals surface area contributed by atoms with Crippen LogP contribution in [0.2, 0.25) is 5.02 Å². The van der Waals surface area contributed by atoms with Gasteiger partial charge in [0.25, 0.3) is 0 Å². The summed E-state index contributed by atoms with van der Waals surface area (Å²) in [6.45, 7) is 3.62. The standard InChI is InChI=1S/C16H24ClN5O/c17-14-15(18)19-11-20-16(14)22-8-3-4-12(5-9-22)10-13(23)21-6-1-2-7-21/h11-12H,1-10H2,(H2,18,19,20)/t12-/m1/s1. The molecule has 2 aliphatic heterocycles. The predicted octanol–water partition coefficient (Wildman–Crippen LogP) is 2.33. The summed E-state index contributed by atoms with van der Waals surface area (Å²) >= 11 is 6.23. The summed E-state index contributed by atoms with van der Waals surface area (Å²) in [5.74, 6) is 1.81. The van der Waals surface area contributed by atoms with Gasteiger partial charge < -0.3 is 15.5 Å². The number of rotatable bonds is 3. The van der Waals surface area contributed by atoms with Crippen molar-refractivity contribution >= 4 is 29.1 Å². The van der Waals surface area contributed by atoms with E-state index in [2.05, 4.69) is 14.9 Å². The van der Waals surface area contributed by atoms with Crippen LogP contribution >= 0.6 is 11.6 Å². The number of nitrogens with two attached hydrogens (primary N) is 1. The molecule has 0 spiro atoms. The minimum atomic E-state index is 0.321. The summed E-state index contributed by atoms with van der Waals surface area (Å²) in [6, 6.07) is 0. The number of halogens is 1. The van der Waals surface area contributed by atoms with Crippen molar-refractivity contribution < 1.29 is 4.79 Å². The Morgan fingerprint density at radius 2 is 1.96 bits per heavy atom. The van der Waals surface area contributed by atoms with Crippen molar-refractivity contribution in [2.45, 2.75) is 38.5 Å². The summed E-state index contributed by atoms with van der Waals surface area (Å²) in [6.07, 6.45) is 7.53.